The second-order valence-electron chi connectivity index (χ2n) is 10.7. The largest absolute Gasteiger partial charge is 0.550 e. The fourth-order valence-electron chi connectivity index (χ4n) is 5.76. The highest BCUT2D eigenvalue weighted by Crippen LogP contribution is 2.44. The van der Waals surface area contributed by atoms with Crippen molar-refractivity contribution in [2.45, 2.75) is 142 Å². The summed E-state index contributed by atoms with van der Waals surface area (Å²) >= 11 is 0. The molecular weight excluding hydrogens is 520 g/mol. The third kappa shape index (κ3) is 8.28. The molecule has 224 valence electrons. The van der Waals surface area contributed by atoms with Crippen LogP contribution in [0.15, 0.2) is 51.1 Å². The summed E-state index contributed by atoms with van der Waals surface area (Å²) in [6, 6.07) is 15.2. The Morgan fingerprint density at radius 1 is 0.463 bits per heavy atom. The molecule has 0 saturated heterocycles. The highest BCUT2D eigenvalue weighted by molar-refractivity contribution is 7.97. The van der Waals surface area contributed by atoms with Crippen molar-refractivity contribution in [3.63, 3.8) is 0 Å². The van der Waals surface area contributed by atoms with Crippen LogP contribution >= 0.6 is 0 Å². The molecule has 2 nitrogen and oxygen atoms in total. The third-order valence-electron chi connectivity index (χ3n) is 8.03. The molecule has 0 bridgehead atoms. The molecular formula is C38H54O2S. The van der Waals surface area contributed by atoms with E-state index in [4.69, 9.17) is 9.90 Å². The van der Waals surface area contributed by atoms with Gasteiger partial charge in [0.25, 0.3) is 0 Å². The van der Waals surface area contributed by atoms with E-state index < -0.39 is 5.97 Å². The predicted octanol–water partition coefficient (Wildman–Crippen LogP) is 8.60. The quantitative estimate of drug-likeness (QED) is 0.203. The first-order valence-corrected chi connectivity index (χ1v) is 17.3. The zero-order chi connectivity index (χ0) is 30.7. The lowest BCUT2D eigenvalue weighted by molar-refractivity contribution is -0.302. The minimum atomic E-state index is -1.08. The highest BCUT2D eigenvalue weighted by atomic mass is 32.2. The molecule has 41 heavy (non-hydrogen) atoms. The summed E-state index contributed by atoms with van der Waals surface area (Å²) in [5.41, 5.74) is 13.8. The van der Waals surface area contributed by atoms with Gasteiger partial charge in [-0.2, -0.15) is 0 Å². The summed E-state index contributed by atoms with van der Waals surface area (Å²) in [6.07, 6.45) is 9.84. The van der Waals surface area contributed by atoms with E-state index in [2.05, 4.69) is 98.7 Å². The number of carboxylic acid groups (broad SMARTS) is 1. The fourth-order valence-corrected chi connectivity index (χ4v) is 9.17. The van der Waals surface area contributed by atoms with E-state index in [0.29, 0.717) is 0 Å². The topological polar surface area (TPSA) is 40.1 Å². The van der Waals surface area contributed by atoms with Crippen LogP contribution in [0.3, 0.4) is 0 Å². The summed E-state index contributed by atoms with van der Waals surface area (Å²) in [6.45, 7) is 22.1. The molecule has 0 aliphatic carbocycles. The van der Waals surface area contributed by atoms with Crippen LogP contribution < -0.4 is 5.11 Å². The van der Waals surface area contributed by atoms with Gasteiger partial charge in [-0.1, -0.05) is 98.7 Å². The standard InChI is InChI=1S/C36H51S.C2H4O2/c1-10-25-19-28(13-4)34(29(14-5)20-25)37(35-30(15-6)21-26(11-2)22-31(35)16-7)36-32(17-8)23-27(12-3)24-33(36)18-9;1-2(3)4/h19-24H,10-18H2,1-9H3;1H3,(H,3,4)/q+1;/p-1. The van der Waals surface area contributed by atoms with E-state index in [1.807, 2.05) is 0 Å². The summed E-state index contributed by atoms with van der Waals surface area (Å²) in [5, 5.41) is 8.89. The number of carbonyl (C=O) groups is 1. The van der Waals surface area contributed by atoms with Crippen LogP contribution in [-0.2, 0) is 73.5 Å². The van der Waals surface area contributed by atoms with Gasteiger partial charge < -0.3 is 9.90 Å². The first-order valence-electron chi connectivity index (χ1n) is 16.0. The lowest BCUT2D eigenvalue weighted by Gasteiger charge is -2.24. The minimum Gasteiger partial charge on any atom is -0.550 e. The number of carboxylic acids is 1. The average Bonchev–Trinajstić information content (AvgIpc) is 2.99. The van der Waals surface area contributed by atoms with E-state index in [0.717, 1.165) is 64.7 Å². The Morgan fingerprint density at radius 3 is 0.756 bits per heavy atom. The molecule has 0 N–H and O–H groups in total. The number of aliphatic carboxylic acids is 1. The molecule has 0 radical (unpaired) electrons. The second-order valence-corrected chi connectivity index (χ2v) is 12.5. The van der Waals surface area contributed by atoms with Crippen molar-refractivity contribution in [1.82, 2.24) is 0 Å². The SMILES string of the molecule is CC(=O)[O-].CCc1cc(CC)c([S+](c2c(CC)cc(CC)cc2CC)c2c(CC)cc(CC)cc2CC)c(CC)c1. The Kier molecular flexibility index (Phi) is 14.2. The Labute approximate surface area is 254 Å². The van der Waals surface area contributed by atoms with E-state index >= 15 is 0 Å². The van der Waals surface area contributed by atoms with Gasteiger partial charge in [0.15, 0.2) is 14.7 Å². The number of hydrogen-bond donors (Lipinski definition) is 0. The van der Waals surface area contributed by atoms with Gasteiger partial charge in [0.1, 0.15) is 10.9 Å². The molecule has 0 fully saturated rings. The van der Waals surface area contributed by atoms with Gasteiger partial charge in [0.05, 0.1) is 0 Å². The molecule has 0 aromatic heterocycles. The molecule has 3 rings (SSSR count). The maximum absolute atomic E-state index is 8.89. The van der Waals surface area contributed by atoms with Gasteiger partial charge >= 0.3 is 0 Å². The van der Waals surface area contributed by atoms with Crippen LogP contribution in [0, 0.1) is 0 Å². The number of carbonyl (C=O) groups excluding carboxylic acids is 1. The monoisotopic (exact) mass is 574 g/mol. The van der Waals surface area contributed by atoms with Crippen molar-refractivity contribution in [3.05, 3.63) is 86.5 Å². The van der Waals surface area contributed by atoms with Crippen molar-refractivity contribution < 1.29 is 9.90 Å². The molecule has 0 heterocycles. The second kappa shape index (κ2) is 16.8. The molecule has 3 heteroatoms. The predicted molar refractivity (Wildman–Crippen MR) is 177 cm³/mol. The van der Waals surface area contributed by atoms with E-state index in [1.165, 1.54) is 16.7 Å². The minimum absolute atomic E-state index is 0.114. The maximum Gasteiger partial charge on any atom is 0.172 e. The van der Waals surface area contributed by atoms with Crippen LogP contribution in [0.5, 0.6) is 0 Å². The van der Waals surface area contributed by atoms with Crippen molar-refractivity contribution in [1.29, 1.82) is 0 Å². The molecule has 0 aliphatic rings. The van der Waals surface area contributed by atoms with Crippen molar-refractivity contribution >= 4 is 16.9 Å². The average molecular weight is 575 g/mol. The van der Waals surface area contributed by atoms with Gasteiger partial charge in [0.2, 0.25) is 0 Å². The number of aryl methyl sites for hydroxylation is 9. The van der Waals surface area contributed by atoms with Crippen molar-refractivity contribution in [2.24, 2.45) is 0 Å². The van der Waals surface area contributed by atoms with Crippen LogP contribution in [0.25, 0.3) is 0 Å². The summed E-state index contributed by atoms with van der Waals surface area (Å²) in [4.78, 5) is 13.8. The molecule has 3 aromatic rings. The summed E-state index contributed by atoms with van der Waals surface area (Å²) in [5.74, 6) is -1.08. The number of rotatable bonds is 12. The lowest BCUT2D eigenvalue weighted by Crippen LogP contribution is -2.19. The Balaban J connectivity index is 0.00000138. The number of benzene rings is 3. The van der Waals surface area contributed by atoms with E-state index in [1.54, 1.807) is 48.1 Å². The molecule has 0 aliphatic heterocycles. The molecule has 3 aromatic carbocycles. The zero-order valence-corrected chi connectivity index (χ0v) is 28.4. The summed E-state index contributed by atoms with van der Waals surface area (Å²) in [7, 11) is -0.114. The Bertz CT molecular complexity index is 1070. The van der Waals surface area contributed by atoms with Crippen LogP contribution in [0.4, 0.5) is 0 Å². The maximum atomic E-state index is 8.89. The van der Waals surface area contributed by atoms with Gasteiger partial charge in [0, 0.05) is 39.4 Å². The Hall–Kier alpha value is -2.52. The van der Waals surface area contributed by atoms with Gasteiger partial charge in [-0.25, -0.2) is 0 Å². The molecule has 0 saturated carbocycles. The van der Waals surface area contributed by atoms with Crippen molar-refractivity contribution in [3.8, 4) is 0 Å². The van der Waals surface area contributed by atoms with Crippen LogP contribution in [0.2, 0.25) is 0 Å². The smallest absolute Gasteiger partial charge is 0.172 e. The van der Waals surface area contributed by atoms with Crippen molar-refractivity contribution in [2.75, 3.05) is 0 Å². The van der Waals surface area contributed by atoms with Gasteiger partial charge in [-0.15, -0.1) is 0 Å². The fraction of sp³-hybridized carbons (Fsp3) is 0.500. The molecule has 0 atom stereocenters. The summed E-state index contributed by atoms with van der Waals surface area (Å²) < 4.78 is 0. The highest BCUT2D eigenvalue weighted by Gasteiger charge is 2.40. The third-order valence-corrected chi connectivity index (χ3v) is 10.8. The van der Waals surface area contributed by atoms with Crippen LogP contribution in [-0.4, -0.2) is 5.97 Å². The number of hydrogen-bond acceptors (Lipinski definition) is 2. The first-order chi connectivity index (χ1) is 19.7. The van der Waals surface area contributed by atoms with Gasteiger partial charge in [-0.3, -0.25) is 0 Å². The van der Waals surface area contributed by atoms with E-state index in [9.17, 15) is 0 Å². The Morgan fingerprint density at radius 2 is 0.634 bits per heavy atom. The normalized spacial score (nSPS) is 11.0. The first kappa shape index (κ1) is 34.7. The zero-order valence-electron chi connectivity index (χ0n) is 27.6. The molecule has 0 unspecified atom stereocenters. The molecule has 0 amide bonds. The van der Waals surface area contributed by atoms with Crippen LogP contribution in [0.1, 0.15) is 119 Å². The molecule has 0 spiro atoms. The lowest BCUT2D eigenvalue weighted by atomic mass is 10.00. The van der Waals surface area contributed by atoms with E-state index in [-0.39, 0.29) is 10.9 Å². The van der Waals surface area contributed by atoms with Gasteiger partial charge in [-0.05, 0) is 81.4 Å².